The maximum Gasteiger partial charge on any atom is -0.00230 e. The van der Waals surface area contributed by atoms with Gasteiger partial charge in [-0.25, -0.2) is 0 Å². The molecule has 3 rings (SSSR count). The van der Waals surface area contributed by atoms with Crippen LogP contribution in [-0.2, 0) is 19.3 Å². The van der Waals surface area contributed by atoms with E-state index >= 15 is 0 Å². The van der Waals surface area contributed by atoms with Crippen molar-refractivity contribution in [2.24, 2.45) is 0 Å². The molecule has 3 aromatic carbocycles. The molecule has 0 heteroatoms. The number of aryl methyl sites for hydroxylation is 2. The lowest BCUT2D eigenvalue weighted by molar-refractivity contribution is 0.631. The summed E-state index contributed by atoms with van der Waals surface area (Å²) in [4.78, 5) is 0. The highest BCUT2D eigenvalue weighted by atomic mass is 14.1. The van der Waals surface area contributed by atoms with E-state index in [2.05, 4.69) is 86.6 Å². The number of hydrogen-bond donors (Lipinski definition) is 0. The molecule has 0 aliphatic heterocycles. The first-order chi connectivity index (χ1) is 13.7. The molecule has 0 saturated carbocycles. The zero-order valence-corrected chi connectivity index (χ0v) is 17.6. The lowest BCUT2D eigenvalue weighted by Gasteiger charge is -2.13. The summed E-state index contributed by atoms with van der Waals surface area (Å²) >= 11 is 0. The van der Waals surface area contributed by atoms with E-state index in [4.69, 9.17) is 0 Å². The summed E-state index contributed by atoms with van der Waals surface area (Å²) in [6.45, 7) is 4.46. The Bertz CT molecular complexity index is 845. The Hall–Kier alpha value is -2.34. The predicted molar refractivity (Wildman–Crippen MR) is 122 cm³/mol. The summed E-state index contributed by atoms with van der Waals surface area (Å²) < 4.78 is 0. The molecule has 0 heterocycles. The zero-order chi connectivity index (χ0) is 19.6. The fraction of sp³-hybridized carbons (Fsp3) is 0.357. The van der Waals surface area contributed by atoms with Gasteiger partial charge in [-0.1, -0.05) is 111 Å². The average Bonchev–Trinajstić information content (AvgIpc) is 2.70. The van der Waals surface area contributed by atoms with Crippen molar-refractivity contribution < 1.29 is 0 Å². The standard InChI is InChI=1S/C28H34/c1-3-4-5-6-10-16-27-22-26(20-25-15-11-12-23(2)19-25)17-18-28(27)21-24-13-8-7-9-14-24/h7-9,11-15,17-19,22H,3-6,10,16,20-21H2,1-2H3. The fourth-order valence-electron chi connectivity index (χ4n) is 3.99. The first-order valence-corrected chi connectivity index (χ1v) is 10.9. The third kappa shape index (κ3) is 6.37. The maximum atomic E-state index is 2.47. The van der Waals surface area contributed by atoms with Crippen molar-refractivity contribution >= 4 is 0 Å². The molecule has 0 unspecified atom stereocenters. The highest BCUT2D eigenvalue weighted by Crippen LogP contribution is 2.21. The highest BCUT2D eigenvalue weighted by Gasteiger charge is 2.07. The van der Waals surface area contributed by atoms with Gasteiger partial charge in [0.2, 0.25) is 0 Å². The van der Waals surface area contributed by atoms with Crippen molar-refractivity contribution in [1.29, 1.82) is 0 Å². The molecule has 146 valence electrons. The minimum atomic E-state index is 1.02. The molecule has 0 atom stereocenters. The van der Waals surface area contributed by atoms with E-state index in [0.717, 1.165) is 12.8 Å². The van der Waals surface area contributed by atoms with Crippen LogP contribution in [0.4, 0.5) is 0 Å². The molecule has 0 radical (unpaired) electrons. The van der Waals surface area contributed by atoms with Crippen LogP contribution in [0.2, 0.25) is 0 Å². The van der Waals surface area contributed by atoms with Crippen molar-refractivity contribution in [2.45, 2.75) is 65.2 Å². The SMILES string of the molecule is CCCCCCCc1cc(Cc2cccc(C)c2)ccc1Cc1ccccc1. The van der Waals surface area contributed by atoms with Crippen molar-refractivity contribution in [2.75, 3.05) is 0 Å². The van der Waals surface area contributed by atoms with Gasteiger partial charge in [0, 0.05) is 0 Å². The van der Waals surface area contributed by atoms with E-state index in [1.165, 1.54) is 66.3 Å². The summed E-state index contributed by atoms with van der Waals surface area (Å²) in [7, 11) is 0. The molecule has 28 heavy (non-hydrogen) atoms. The van der Waals surface area contributed by atoms with E-state index in [1.54, 1.807) is 5.56 Å². The minimum Gasteiger partial charge on any atom is -0.0654 e. The van der Waals surface area contributed by atoms with Crippen LogP contribution in [0.3, 0.4) is 0 Å². The van der Waals surface area contributed by atoms with Crippen LogP contribution in [0.1, 0.15) is 72.4 Å². The van der Waals surface area contributed by atoms with Gasteiger partial charge in [0.1, 0.15) is 0 Å². The summed E-state index contributed by atoms with van der Waals surface area (Å²) in [5.41, 5.74) is 8.63. The number of hydrogen-bond acceptors (Lipinski definition) is 0. The van der Waals surface area contributed by atoms with Crippen molar-refractivity contribution in [1.82, 2.24) is 0 Å². The van der Waals surface area contributed by atoms with Gasteiger partial charge in [-0.15, -0.1) is 0 Å². The van der Waals surface area contributed by atoms with E-state index in [1.807, 2.05) is 0 Å². The first kappa shape index (κ1) is 20.4. The summed E-state index contributed by atoms with van der Waals surface area (Å²) in [6, 6.07) is 27.0. The second-order valence-electron chi connectivity index (χ2n) is 8.10. The molecule has 0 spiro atoms. The minimum absolute atomic E-state index is 1.02. The zero-order valence-electron chi connectivity index (χ0n) is 17.6. The van der Waals surface area contributed by atoms with Crippen LogP contribution >= 0.6 is 0 Å². The Kier molecular flexibility index (Phi) is 7.91. The van der Waals surface area contributed by atoms with Crippen LogP contribution in [0.15, 0.2) is 72.8 Å². The molecule has 0 amide bonds. The molecule has 0 aliphatic carbocycles. The van der Waals surface area contributed by atoms with E-state index < -0.39 is 0 Å². The van der Waals surface area contributed by atoms with Gasteiger partial charge in [-0.05, 0) is 60.4 Å². The van der Waals surface area contributed by atoms with Gasteiger partial charge in [0.05, 0.1) is 0 Å². The first-order valence-electron chi connectivity index (χ1n) is 10.9. The second-order valence-corrected chi connectivity index (χ2v) is 8.10. The summed E-state index contributed by atoms with van der Waals surface area (Å²) in [6.07, 6.45) is 9.96. The Morgan fingerprint density at radius 1 is 0.571 bits per heavy atom. The molecule has 0 aliphatic rings. The van der Waals surface area contributed by atoms with Gasteiger partial charge >= 0.3 is 0 Å². The Balaban J connectivity index is 1.76. The van der Waals surface area contributed by atoms with Crippen molar-refractivity contribution in [3.05, 3.63) is 106 Å². The van der Waals surface area contributed by atoms with Crippen LogP contribution in [0, 0.1) is 6.92 Å². The maximum absolute atomic E-state index is 2.47. The monoisotopic (exact) mass is 370 g/mol. The number of unbranched alkanes of at least 4 members (excludes halogenated alkanes) is 4. The fourth-order valence-corrected chi connectivity index (χ4v) is 3.99. The molecular weight excluding hydrogens is 336 g/mol. The van der Waals surface area contributed by atoms with Crippen LogP contribution in [0.25, 0.3) is 0 Å². The summed E-state index contributed by atoms with van der Waals surface area (Å²) in [5, 5.41) is 0. The molecule has 3 aromatic rings. The second kappa shape index (κ2) is 10.9. The Morgan fingerprint density at radius 3 is 2.11 bits per heavy atom. The molecule has 0 bridgehead atoms. The predicted octanol–water partition coefficient (Wildman–Crippen LogP) is 7.69. The smallest absolute Gasteiger partial charge is 0.00230 e. The van der Waals surface area contributed by atoms with Gasteiger partial charge in [-0.2, -0.15) is 0 Å². The topological polar surface area (TPSA) is 0 Å². The normalized spacial score (nSPS) is 10.9. The molecule has 0 saturated heterocycles. The lowest BCUT2D eigenvalue weighted by atomic mass is 9.92. The Labute approximate surface area is 171 Å². The van der Waals surface area contributed by atoms with Crippen LogP contribution in [0.5, 0.6) is 0 Å². The highest BCUT2D eigenvalue weighted by molar-refractivity contribution is 5.38. The van der Waals surface area contributed by atoms with E-state index in [0.29, 0.717) is 0 Å². The average molecular weight is 371 g/mol. The number of rotatable bonds is 10. The molecule has 0 nitrogen and oxygen atoms in total. The van der Waals surface area contributed by atoms with Crippen molar-refractivity contribution in [3.8, 4) is 0 Å². The molecule has 0 aromatic heterocycles. The Morgan fingerprint density at radius 2 is 1.32 bits per heavy atom. The van der Waals surface area contributed by atoms with E-state index in [9.17, 15) is 0 Å². The van der Waals surface area contributed by atoms with Crippen LogP contribution in [-0.4, -0.2) is 0 Å². The molecular formula is C28H34. The van der Waals surface area contributed by atoms with E-state index in [-0.39, 0.29) is 0 Å². The van der Waals surface area contributed by atoms with Crippen molar-refractivity contribution in [3.63, 3.8) is 0 Å². The van der Waals surface area contributed by atoms with Gasteiger partial charge < -0.3 is 0 Å². The third-order valence-electron chi connectivity index (χ3n) is 5.55. The van der Waals surface area contributed by atoms with Gasteiger partial charge in [-0.3, -0.25) is 0 Å². The summed E-state index contributed by atoms with van der Waals surface area (Å²) in [5.74, 6) is 0. The molecule has 0 N–H and O–H groups in total. The van der Waals surface area contributed by atoms with Crippen LogP contribution < -0.4 is 0 Å². The quantitative estimate of drug-likeness (QED) is 0.321. The lowest BCUT2D eigenvalue weighted by Crippen LogP contribution is -1.99. The van der Waals surface area contributed by atoms with Gasteiger partial charge in [0.25, 0.3) is 0 Å². The number of benzene rings is 3. The largest absolute Gasteiger partial charge is 0.0654 e. The third-order valence-corrected chi connectivity index (χ3v) is 5.55. The van der Waals surface area contributed by atoms with Gasteiger partial charge in [0.15, 0.2) is 0 Å². The molecule has 0 fully saturated rings.